The van der Waals surface area contributed by atoms with Crippen LogP contribution >= 0.6 is 0 Å². The zero-order valence-electron chi connectivity index (χ0n) is 9.74. The maximum absolute atomic E-state index is 10.6. The van der Waals surface area contributed by atoms with Crippen LogP contribution in [-0.2, 0) is 9.53 Å². The second-order valence-corrected chi connectivity index (χ2v) is 3.87. The SMILES string of the molecule is CN(C)CCCO[C@@H](C=O)[C@H](O)[C@H](O)CO. The third-order valence-corrected chi connectivity index (χ3v) is 2.11. The van der Waals surface area contributed by atoms with Crippen LogP contribution < -0.4 is 0 Å². The van der Waals surface area contributed by atoms with Gasteiger partial charge in [0.25, 0.3) is 0 Å². The minimum atomic E-state index is -1.39. The molecule has 3 N–H and O–H groups in total. The van der Waals surface area contributed by atoms with Gasteiger partial charge in [0.2, 0.25) is 0 Å². The van der Waals surface area contributed by atoms with Gasteiger partial charge >= 0.3 is 0 Å². The van der Waals surface area contributed by atoms with Crippen LogP contribution in [0.2, 0.25) is 0 Å². The van der Waals surface area contributed by atoms with Crippen molar-refractivity contribution in [2.24, 2.45) is 0 Å². The van der Waals surface area contributed by atoms with Gasteiger partial charge < -0.3 is 29.8 Å². The minimum absolute atomic E-state index is 0.316. The normalized spacial score (nSPS) is 17.1. The van der Waals surface area contributed by atoms with Crippen molar-refractivity contribution < 1.29 is 24.9 Å². The molecule has 0 aliphatic rings. The van der Waals surface area contributed by atoms with Crippen molar-refractivity contribution in [2.75, 3.05) is 33.9 Å². The first-order valence-electron chi connectivity index (χ1n) is 5.21. The molecule has 0 rings (SSSR count). The number of aliphatic hydroxyl groups excluding tert-OH is 3. The molecule has 0 unspecified atom stereocenters. The quantitative estimate of drug-likeness (QED) is 0.324. The smallest absolute Gasteiger partial charge is 0.151 e. The zero-order valence-corrected chi connectivity index (χ0v) is 9.74. The van der Waals surface area contributed by atoms with E-state index in [-0.39, 0.29) is 0 Å². The topological polar surface area (TPSA) is 90.2 Å². The Hall–Kier alpha value is -0.530. The summed E-state index contributed by atoms with van der Waals surface area (Å²) in [5.41, 5.74) is 0. The number of aldehydes is 1. The Balaban J connectivity index is 3.86. The Kier molecular flexibility index (Phi) is 8.32. The third kappa shape index (κ3) is 6.14. The third-order valence-electron chi connectivity index (χ3n) is 2.11. The maximum Gasteiger partial charge on any atom is 0.151 e. The van der Waals surface area contributed by atoms with E-state index >= 15 is 0 Å². The molecule has 0 saturated carbocycles. The first kappa shape index (κ1) is 15.5. The van der Waals surface area contributed by atoms with Crippen molar-refractivity contribution in [3.05, 3.63) is 0 Å². The zero-order chi connectivity index (χ0) is 12.6. The van der Waals surface area contributed by atoms with Gasteiger partial charge in [0.05, 0.1) is 6.61 Å². The average Bonchev–Trinajstić information content (AvgIpc) is 2.27. The van der Waals surface area contributed by atoms with Crippen molar-refractivity contribution in [3.63, 3.8) is 0 Å². The van der Waals surface area contributed by atoms with E-state index in [0.717, 1.165) is 13.0 Å². The van der Waals surface area contributed by atoms with E-state index in [9.17, 15) is 9.90 Å². The van der Waals surface area contributed by atoms with Gasteiger partial charge in [-0.3, -0.25) is 0 Å². The summed E-state index contributed by atoms with van der Waals surface area (Å²) >= 11 is 0. The fourth-order valence-electron chi connectivity index (χ4n) is 1.15. The molecule has 6 nitrogen and oxygen atoms in total. The van der Waals surface area contributed by atoms with E-state index in [0.29, 0.717) is 12.9 Å². The highest BCUT2D eigenvalue weighted by Crippen LogP contribution is 2.03. The lowest BCUT2D eigenvalue weighted by Gasteiger charge is -2.22. The number of nitrogens with zero attached hydrogens (tertiary/aromatic N) is 1. The molecule has 3 atom stereocenters. The molecule has 0 aromatic heterocycles. The summed E-state index contributed by atoms with van der Waals surface area (Å²) in [4.78, 5) is 12.6. The van der Waals surface area contributed by atoms with Crippen LogP contribution in [-0.4, -0.2) is 78.7 Å². The Morgan fingerprint density at radius 2 is 2.00 bits per heavy atom. The fourth-order valence-corrected chi connectivity index (χ4v) is 1.15. The number of aliphatic hydroxyl groups is 3. The molecule has 6 heteroatoms. The molecule has 0 amide bonds. The lowest BCUT2D eigenvalue weighted by Crippen LogP contribution is -2.42. The maximum atomic E-state index is 10.6. The van der Waals surface area contributed by atoms with Gasteiger partial charge in [-0.15, -0.1) is 0 Å². The number of hydrogen-bond acceptors (Lipinski definition) is 6. The van der Waals surface area contributed by atoms with E-state index < -0.39 is 24.9 Å². The van der Waals surface area contributed by atoms with Crippen molar-refractivity contribution in [1.82, 2.24) is 4.90 Å². The molecular formula is C10H21NO5. The van der Waals surface area contributed by atoms with Crippen LogP contribution in [0.3, 0.4) is 0 Å². The fraction of sp³-hybridized carbons (Fsp3) is 0.900. The van der Waals surface area contributed by atoms with Gasteiger partial charge in [-0.25, -0.2) is 0 Å². The van der Waals surface area contributed by atoms with Crippen LogP contribution in [0.4, 0.5) is 0 Å². The highest BCUT2D eigenvalue weighted by Gasteiger charge is 2.26. The molecule has 0 saturated heterocycles. The first-order valence-corrected chi connectivity index (χ1v) is 5.21. The van der Waals surface area contributed by atoms with Crippen molar-refractivity contribution in [2.45, 2.75) is 24.7 Å². The van der Waals surface area contributed by atoms with Gasteiger partial charge in [0.1, 0.15) is 18.3 Å². The van der Waals surface area contributed by atoms with Gasteiger partial charge in [0, 0.05) is 6.61 Å². The lowest BCUT2D eigenvalue weighted by molar-refractivity contribution is -0.136. The highest BCUT2D eigenvalue weighted by molar-refractivity contribution is 5.57. The van der Waals surface area contributed by atoms with Crippen molar-refractivity contribution in [1.29, 1.82) is 0 Å². The van der Waals surface area contributed by atoms with Crippen LogP contribution in [0.25, 0.3) is 0 Å². The van der Waals surface area contributed by atoms with E-state index in [1.807, 2.05) is 19.0 Å². The molecule has 0 radical (unpaired) electrons. The molecule has 0 aliphatic heterocycles. The molecular weight excluding hydrogens is 214 g/mol. The number of carbonyl (C=O) groups excluding carboxylic acids is 1. The monoisotopic (exact) mass is 235 g/mol. The Morgan fingerprint density at radius 3 is 2.44 bits per heavy atom. The molecule has 0 aromatic carbocycles. The van der Waals surface area contributed by atoms with Gasteiger partial charge in [0.15, 0.2) is 6.29 Å². The summed E-state index contributed by atoms with van der Waals surface area (Å²) < 4.78 is 5.11. The molecule has 16 heavy (non-hydrogen) atoms. The standard InChI is InChI=1S/C10H21NO5/c1-11(2)4-3-5-16-9(7-13)10(15)8(14)6-12/h7-10,12,14-15H,3-6H2,1-2H3/t8-,9+,10-/m1/s1. The second-order valence-electron chi connectivity index (χ2n) is 3.87. The Bertz CT molecular complexity index is 188. The van der Waals surface area contributed by atoms with Crippen LogP contribution in [0, 0.1) is 0 Å². The second kappa shape index (κ2) is 8.60. The van der Waals surface area contributed by atoms with E-state index in [1.54, 1.807) is 0 Å². The van der Waals surface area contributed by atoms with E-state index in [2.05, 4.69) is 0 Å². The molecule has 0 bridgehead atoms. The molecule has 96 valence electrons. The van der Waals surface area contributed by atoms with Crippen LogP contribution in [0.1, 0.15) is 6.42 Å². The van der Waals surface area contributed by atoms with Crippen LogP contribution in [0.15, 0.2) is 0 Å². The van der Waals surface area contributed by atoms with Crippen LogP contribution in [0.5, 0.6) is 0 Å². The molecule has 0 fully saturated rings. The van der Waals surface area contributed by atoms with E-state index in [1.165, 1.54) is 0 Å². The Labute approximate surface area is 95.4 Å². The summed E-state index contributed by atoms with van der Waals surface area (Å²) in [5.74, 6) is 0. The Morgan fingerprint density at radius 1 is 1.38 bits per heavy atom. The van der Waals surface area contributed by atoms with Gasteiger partial charge in [-0.1, -0.05) is 0 Å². The summed E-state index contributed by atoms with van der Waals surface area (Å²) in [7, 11) is 3.84. The summed E-state index contributed by atoms with van der Waals surface area (Å²) in [6.45, 7) is 0.521. The molecule has 0 aliphatic carbocycles. The summed E-state index contributed by atoms with van der Waals surface area (Å²) in [6, 6.07) is 0. The predicted octanol–water partition coefficient (Wildman–Crippen LogP) is -1.76. The van der Waals surface area contributed by atoms with Crippen molar-refractivity contribution in [3.8, 4) is 0 Å². The minimum Gasteiger partial charge on any atom is -0.394 e. The highest BCUT2D eigenvalue weighted by atomic mass is 16.5. The number of hydrogen-bond donors (Lipinski definition) is 3. The summed E-state index contributed by atoms with van der Waals surface area (Å²) in [5, 5.41) is 27.1. The predicted molar refractivity (Wildman–Crippen MR) is 58.1 cm³/mol. The van der Waals surface area contributed by atoms with Gasteiger partial charge in [-0.2, -0.15) is 0 Å². The number of rotatable bonds is 9. The van der Waals surface area contributed by atoms with Crippen molar-refractivity contribution >= 4 is 6.29 Å². The van der Waals surface area contributed by atoms with Gasteiger partial charge in [-0.05, 0) is 27.1 Å². The number of ether oxygens (including phenoxy) is 1. The largest absolute Gasteiger partial charge is 0.394 e. The lowest BCUT2D eigenvalue weighted by atomic mass is 10.1. The molecule has 0 aromatic rings. The molecule has 0 heterocycles. The summed E-state index contributed by atoms with van der Waals surface area (Å²) in [6.07, 6.45) is -2.69. The average molecular weight is 235 g/mol. The van der Waals surface area contributed by atoms with E-state index in [4.69, 9.17) is 14.9 Å². The number of carbonyl (C=O) groups is 1. The first-order chi connectivity index (χ1) is 7.52. The molecule has 0 spiro atoms.